The first-order valence-electron chi connectivity index (χ1n) is 15.6. The minimum absolute atomic E-state index is 0.118. The molecule has 5 rings (SSSR count). The fraction of sp³-hybridized carbons (Fsp3) is 0.735. The molecule has 0 radical (unpaired) electrons. The van der Waals surface area contributed by atoms with E-state index in [0.29, 0.717) is 20.1 Å². The average molecular weight is 743 g/mol. The number of fused-ring (bicyclic) bond motifs is 5. The summed E-state index contributed by atoms with van der Waals surface area (Å²) >= 11 is 10.4. The van der Waals surface area contributed by atoms with E-state index >= 15 is 0 Å². The van der Waals surface area contributed by atoms with Gasteiger partial charge in [0, 0.05) is 10.9 Å². The van der Waals surface area contributed by atoms with Gasteiger partial charge in [0.1, 0.15) is 6.10 Å². The molecule has 0 spiro atoms. The minimum atomic E-state index is -0.625. The van der Waals surface area contributed by atoms with Crippen molar-refractivity contribution in [2.75, 3.05) is 0 Å². The zero-order valence-corrected chi connectivity index (χ0v) is 29.7. The minimum Gasteiger partial charge on any atom is -0.430 e. The molecule has 40 heavy (non-hydrogen) atoms. The molecule has 0 heterocycles. The van der Waals surface area contributed by atoms with Crippen LogP contribution >= 0.6 is 47.8 Å². The molecule has 4 aliphatic rings. The van der Waals surface area contributed by atoms with Crippen molar-refractivity contribution in [2.45, 2.75) is 111 Å². The van der Waals surface area contributed by atoms with E-state index in [1.807, 2.05) is 12.1 Å². The highest BCUT2D eigenvalue weighted by molar-refractivity contribution is 9.11. The molecule has 1 aromatic carbocycles. The van der Waals surface area contributed by atoms with Crippen LogP contribution in [0.3, 0.4) is 0 Å². The number of allylic oxidation sites excluding steroid dienone is 1. The van der Waals surface area contributed by atoms with Crippen molar-refractivity contribution in [3.8, 4) is 5.75 Å². The van der Waals surface area contributed by atoms with Crippen LogP contribution in [0.25, 0.3) is 0 Å². The second-order valence-corrected chi connectivity index (χ2v) is 16.9. The van der Waals surface area contributed by atoms with Crippen molar-refractivity contribution < 1.29 is 14.3 Å². The smallest absolute Gasteiger partial charge is 0.430 e. The van der Waals surface area contributed by atoms with Crippen molar-refractivity contribution >= 4 is 53.9 Å². The third-order valence-electron chi connectivity index (χ3n) is 11.7. The molecule has 0 amide bonds. The summed E-state index contributed by atoms with van der Waals surface area (Å²) in [7, 11) is 0. The Balaban J connectivity index is 1.23. The van der Waals surface area contributed by atoms with Crippen LogP contribution in [0.4, 0.5) is 4.79 Å². The zero-order chi connectivity index (χ0) is 28.8. The molecule has 0 unspecified atom stereocenters. The zero-order valence-electron chi connectivity index (χ0n) is 24.9. The molecule has 3 saturated carbocycles. The lowest BCUT2D eigenvalue weighted by Crippen LogP contribution is -2.51. The predicted molar refractivity (Wildman–Crippen MR) is 173 cm³/mol. The summed E-state index contributed by atoms with van der Waals surface area (Å²) in [4.78, 5) is 12.8. The van der Waals surface area contributed by atoms with E-state index in [9.17, 15) is 4.79 Å². The van der Waals surface area contributed by atoms with Crippen molar-refractivity contribution in [3.05, 3.63) is 37.2 Å². The van der Waals surface area contributed by atoms with E-state index < -0.39 is 6.16 Å². The Bertz CT molecular complexity index is 1110. The van der Waals surface area contributed by atoms with Gasteiger partial charge in [-0.1, -0.05) is 81.5 Å². The standard InChI is InChI=1S/C34H47Br3O3/c1-20(2)7-6-8-21(3)26-11-12-27-25-10-9-22-17-24(13-15-33(22,4)28(25)14-16-34(26,27)5)39-32(38)40-31-29(36)18-23(35)19-30(31)37/h9,18-21,24-28H,6-8,10-17H2,1-5H3/t21-,24+,25-,26-,27-,28+,33+,34-/m1/s1. The van der Waals surface area contributed by atoms with Gasteiger partial charge in [-0.2, -0.15) is 0 Å². The van der Waals surface area contributed by atoms with Crippen LogP contribution in [-0.4, -0.2) is 12.3 Å². The fourth-order valence-electron chi connectivity index (χ4n) is 9.62. The van der Waals surface area contributed by atoms with E-state index in [1.54, 1.807) is 0 Å². The molecule has 6 heteroatoms. The number of carbonyl (C=O) groups excluding carboxylic acids is 1. The topological polar surface area (TPSA) is 35.5 Å². The molecule has 0 saturated heterocycles. The van der Waals surface area contributed by atoms with Gasteiger partial charge in [0.05, 0.1) is 8.95 Å². The summed E-state index contributed by atoms with van der Waals surface area (Å²) in [6.07, 6.45) is 15.7. The molecule has 0 bridgehead atoms. The second kappa shape index (κ2) is 12.3. The maximum atomic E-state index is 12.8. The molecular formula is C34H47Br3O3. The van der Waals surface area contributed by atoms with Crippen molar-refractivity contribution in [2.24, 2.45) is 46.3 Å². The van der Waals surface area contributed by atoms with Crippen molar-refractivity contribution in [1.29, 1.82) is 0 Å². The largest absolute Gasteiger partial charge is 0.514 e. The monoisotopic (exact) mass is 740 g/mol. The van der Waals surface area contributed by atoms with Crippen LogP contribution in [-0.2, 0) is 4.74 Å². The van der Waals surface area contributed by atoms with Gasteiger partial charge in [-0.3, -0.25) is 0 Å². The number of ether oxygens (including phenoxy) is 2. The summed E-state index contributed by atoms with van der Waals surface area (Å²) in [5.74, 6) is 5.46. The van der Waals surface area contributed by atoms with E-state index in [0.717, 1.165) is 59.2 Å². The van der Waals surface area contributed by atoms with Gasteiger partial charge in [-0.05, 0) is 135 Å². The van der Waals surface area contributed by atoms with Crippen LogP contribution in [0.1, 0.15) is 105 Å². The van der Waals surface area contributed by atoms with Crippen LogP contribution in [0.15, 0.2) is 37.2 Å². The lowest BCUT2D eigenvalue weighted by atomic mass is 9.47. The Labute approximate surface area is 267 Å². The highest BCUT2D eigenvalue weighted by Crippen LogP contribution is 2.67. The maximum absolute atomic E-state index is 12.8. The molecule has 0 aromatic heterocycles. The van der Waals surface area contributed by atoms with Crippen molar-refractivity contribution in [3.63, 3.8) is 0 Å². The summed E-state index contributed by atoms with van der Waals surface area (Å²) in [5.41, 5.74) is 2.29. The first-order valence-corrected chi connectivity index (χ1v) is 18.0. The lowest BCUT2D eigenvalue weighted by molar-refractivity contribution is -0.0597. The van der Waals surface area contributed by atoms with Crippen molar-refractivity contribution in [1.82, 2.24) is 0 Å². The van der Waals surface area contributed by atoms with Gasteiger partial charge in [-0.25, -0.2) is 4.79 Å². The lowest BCUT2D eigenvalue weighted by Gasteiger charge is -2.58. The molecule has 1 aromatic rings. The fourth-order valence-corrected chi connectivity index (χ4v) is 12.0. The summed E-state index contributed by atoms with van der Waals surface area (Å²) in [5, 5.41) is 0. The van der Waals surface area contributed by atoms with Gasteiger partial charge < -0.3 is 9.47 Å². The Morgan fingerprint density at radius 3 is 2.40 bits per heavy atom. The SMILES string of the molecule is CC(C)CCC[C@@H](C)[C@H]1CC[C@@H]2[C@H]3CC=C4C[C@@H](OC(=O)Oc5c(Br)cc(Br)cc5Br)CC[C@]4(C)[C@H]3CC[C@@]21C. The molecule has 222 valence electrons. The Morgan fingerprint density at radius 1 is 0.975 bits per heavy atom. The van der Waals surface area contributed by atoms with Crippen LogP contribution in [0.2, 0.25) is 0 Å². The van der Waals surface area contributed by atoms with Crippen LogP contribution in [0.5, 0.6) is 5.75 Å². The number of hydrogen-bond acceptors (Lipinski definition) is 3. The molecule has 0 N–H and O–H groups in total. The normalized spacial score (nSPS) is 35.8. The molecule has 8 atom stereocenters. The van der Waals surface area contributed by atoms with Gasteiger partial charge in [0.2, 0.25) is 0 Å². The third kappa shape index (κ3) is 6.03. The summed E-state index contributed by atoms with van der Waals surface area (Å²) in [6.45, 7) is 12.5. The quantitative estimate of drug-likeness (QED) is 0.158. The summed E-state index contributed by atoms with van der Waals surface area (Å²) < 4.78 is 13.8. The second-order valence-electron chi connectivity index (χ2n) is 14.3. The highest BCUT2D eigenvalue weighted by atomic mass is 79.9. The maximum Gasteiger partial charge on any atom is 0.514 e. The number of hydrogen-bond donors (Lipinski definition) is 0. The Hall–Kier alpha value is -0.330. The molecule has 3 fully saturated rings. The Morgan fingerprint density at radius 2 is 1.70 bits per heavy atom. The van der Waals surface area contributed by atoms with E-state index in [2.05, 4.69) is 88.5 Å². The van der Waals surface area contributed by atoms with Gasteiger partial charge in [-0.15, -0.1) is 0 Å². The van der Waals surface area contributed by atoms with Gasteiger partial charge in [0.15, 0.2) is 5.75 Å². The third-order valence-corrected chi connectivity index (χ3v) is 13.3. The van der Waals surface area contributed by atoms with Crippen LogP contribution < -0.4 is 4.74 Å². The first kappa shape index (κ1) is 31.1. The average Bonchev–Trinajstić information content (AvgIpc) is 3.23. The molecule has 3 nitrogen and oxygen atoms in total. The highest BCUT2D eigenvalue weighted by Gasteiger charge is 2.59. The van der Waals surface area contributed by atoms with Gasteiger partial charge in [0.25, 0.3) is 0 Å². The first-order chi connectivity index (χ1) is 18.9. The molecule has 0 aliphatic heterocycles. The Kier molecular flexibility index (Phi) is 9.60. The summed E-state index contributed by atoms with van der Waals surface area (Å²) in [6, 6.07) is 3.72. The van der Waals surface area contributed by atoms with E-state index in [-0.39, 0.29) is 11.5 Å². The molecular weight excluding hydrogens is 696 g/mol. The van der Waals surface area contributed by atoms with Crippen LogP contribution in [0, 0.1) is 46.3 Å². The number of rotatable bonds is 7. The number of halogens is 3. The van der Waals surface area contributed by atoms with E-state index in [4.69, 9.17) is 9.47 Å². The number of carbonyl (C=O) groups is 1. The predicted octanol–water partition coefficient (Wildman–Crippen LogP) is 11.9. The molecule has 4 aliphatic carbocycles. The van der Waals surface area contributed by atoms with E-state index in [1.165, 1.54) is 56.9 Å². The number of benzene rings is 1. The van der Waals surface area contributed by atoms with Gasteiger partial charge >= 0.3 is 6.16 Å².